The van der Waals surface area contributed by atoms with Crippen LogP contribution in [0.3, 0.4) is 0 Å². The summed E-state index contributed by atoms with van der Waals surface area (Å²) in [5, 5.41) is 0. The Morgan fingerprint density at radius 3 is 1.38 bits per heavy atom. The zero-order valence-corrected chi connectivity index (χ0v) is 20.6. The molecule has 0 amide bonds. The van der Waals surface area contributed by atoms with Crippen LogP contribution in [0.5, 0.6) is 0 Å². The second-order valence-electron chi connectivity index (χ2n) is 8.78. The zero-order valence-electron chi connectivity index (χ0n) is 16.6. The number of rotatable bonds is 7. The summed E-state index contributed by atoms with van der Waals surface area (Å²) in [5.74, 6) is 0. The minimum absolute atomic E-state index is 0.971. The molecular formula is C14H40O3Si4. The smallest absolute Gasteiger partial charge is 0.321 e. The van der Waals surface area contributed by atoms with Gasteiger partial charge in [-0.1, -0.05) is 26.6 Å². The van der Waals surface area contributed by atoms with Crippen molar-refractivity contribution < 1.29 is 13.0 Å². The van der Waals surface area contributed by atoms with Crippen molar-refractivity contribution in [1.29, 1.82) is 0 Å². The average Bonchev–Trinajstić information content (AvgIpc) is 2.24. The fourth-order valence-electron chi connectivity index (χ4n) is 1.29. The lowest BCUT2D eigenvalue weighted by atomic mass is 11.0. The quantitative estimate of drug-likeness (QED) is 0.571. The minimum Gasteiger partial charge on any atom is -0.436 e. The van der Waals surface area contributed by atoms with Gasteiger partial charge < -0.3 is 13.0 Å². The lowest BCUT2D eigenvalue weighted by Gasteiger charge is -2.29. The van der Waals surface area contributed by atoms with Gasteiger partial charge in [0.15, 0.2) is 16.6 Å². The minimum atomic E-state index is -1.75. The summed E-state index contributed by atoms with van der Waals surface area (Å²) in [7, 11) is -3.62. The Labute approximate surface area is 138 Å². The summed E-state index contributed by atoms with van der Waals surface area (Å²) in [5.41, 5.74) is 0. The van der Waals surface area contributed by atoms with E-state index in [0.717, 1.165) is 6.23 Å². The van der Waals surface area contributed by atoms with E-state index in [1.165, 1.54) is 6.04 Å². The molecule has 0 unspecified atom stereocenters. The Hall–Kier alpha value is 0.748. The molecule has 0 saturated heterocycles. The summed E-state index contributed by atoms with van der Waals surface area (Å²) in [4.78, 5) is 0. The van der Waals surface area contributed by atoms with Crippen molar-refractivity contribution in [2.75, 3.05) is 13.3 Å². The number of hydrogen-bond donors (Lipinski definition) is 0. The molecule has 21 heavy (non-hydrogen) atoms. The largest absolute Gasteiger partial charge is 0.436 e. The van der Waals surface area contributed by atoms with Gasteiger partial charge in [0.1, 0.15) is 0 Å². The van der Waals surface area contributed by atoms with Crippen molar-refractivity contribution in [3.63, 3.8) is 0 Å². The second-order valence-corrected chi connectivity index (χ2v) is 27.0. The third-order valence-electron chi connectivity index (χ3n) is 2.79. The van der Waals surface area contributed by atoms with Crippen molar-refractivity contribution in [3.8, 4) is 0 Å². The highest BCUT2D eigenvalue weighted by Gasteiger charge is 2.29. The Morgan fingerprint density at radius 1 is 0.762 bits per heavy atom. The van der Waals surface area contributed by atoms with Crippen molar-refractivity contribution in [1.82, 2.24) is 0 Å². The molecule has 0 aliphatic carbocycles. The normalized spacial score (nSPS) is 13.7. The first-order valence-corrected chi connectivity index (χ1v) is 21.0. The highest BCUT2D eigenvalue weighted by Crippen LogP contribution is 2.14. The molecule has 3 nitrogen and oxygen atoms in total. The van der Waals surface area contributed by atoms with Crippen LogP contribution < -0.4 is 0 Å². The fourth-order valence-corrected chi connectivity index (χ4v) is 11.0. The van der Waals surface area contributed by atoms with Gasteiger partial charge >= 0.3 is 8.56 Å². The van der Waals surface area contributed by atoms with Gasteiger partial charge in [-0.15, -0.1) is 0 Å². The van der Waals surface area contributed by atoms with Crippen LogP contribution in [0.2, 0.25) is 71.5 Å². The van der Waals surface area contributed by atoms with E-state index < -0.39 is 33.3 Å². The first-order chi connectivity index (χ1) is 9.04. The molecule has 0 saturated carbocycles. The van der Waals surface area contributed by atoms with E-state index in [2.05, 4.69) is 72.4 Å². The average molecular weight is 369 g/mol. The summed E-state index contributed by atoms with van der Waals surface area (Å²) in [6, 6.07) is 1.23. The molecule has 0 spiro atoms. The van der Waals surface area contributed by atoms with E-state index in [4.69, 9.17) is 13.0 Å². The Balaban J connectivity index is 0. The Morgan fingerprint density at radius 2 is 1.19 bits per heavy atom. The topological polar surface area (TPSA) is 27.7 Å². The molecule has 0 bridgehead atoms. The predicted octanol–water partition coefficient (Wildman–Crippen LogP) is 5.29. The first kappa shape index (κ1) is 24.0. The monoisotopic (exact) mass is 368 g/mol. The molecule has 0 aromatic heterocycles. The molecule has 0 aliphatic heterocycles. The van der Waals surface area contributed by atoms with E-state index >= 15 is 0 Å². The molecule has 0 radical (unpaired) electrons. The molecule has 0 heterocycles. The Kier molecular flexibility index (Phi) is 10.5. The Bertz CT molecular complexity index is 281. The molecule has 0 atom stereocenters. The summed E-state index contributed by atoms with van der Waals surface area (Å²) in [6.45, 7) is 24.6. The zero-order chi connectivity index (χ0) is 17.5. The maximum atomic E-state index is 5.94. The van der Waals surface area contributed by atoms with E-state index in [0.29, 0.717) is 0 Å². The molecule has 0 N–H and O–H groups in total. The predicted molar refractivity (Wildman–Crippen MR) is 106 cm³/mol. The van der Waals surface area contributed by atoms with Gasteiger partial charge in [-0.2, -0.15) is 0 Å². The van der Waals surface area contributed by atoms with E-state index in [-0.39, 0.29) is 0 Å². The van der Waals surface area contributed by atoms with Crippen LogP contribution in [-0.4, -0.2) is 46.6 Å². The van der Waals surface area contributed by atoms with Crippen LogP contribution in [0.15, 0.2) is 0 Å². The van der Waals surface area contributed by atoms with Crippen LogP contribution in [0.4, 0.5) is 0 Å². The molecular weight excluding hydrogens is 328 g/mol. The third-order valence-corrected chi connectivity index (χ3v) is 12.1. The summed E-state index contributed by atoms with van der Waals surface area (Å²) >= 11 is 0. The van der Waals surface area contributed by atoms with Gasteiger partial charge in [0, 0.05) is 13.3 Å². The van der Waals surface area contributed by atoms with Gasteiger partial charge in [-0.25, -0.2) is 0 Å². The first-order valence-electron chi connectivity index (χ1n) is 7.93. The molecule has 0 aliphatic rings. The molecule has 0 fully saturated rings. The number of hydrogen-bond acceptors (Lipinski definition) is 3. The lowest BCUT2D eigenvalue weighted by Crippen LogP contribution is -2.43. The molecule has 0 rings (SSSR count). The molecule has 7 heteroatoms. The van der Waals surface area contributed by atoms with Crippen molar-refractivity contribution in [3.05, 3.63) is 0 Å². The molecule has 0 aromatic carbocycles. The highest BCUT2D eigenvalue weighted by atomic mass is 28.4. The summed E-state index contributed by atoms with van der Waals surface area (Å²) in [6.07, 6.45) is 1.04. The van der Waals surface area contributed by atoms with Crippen molar-refractivity contribution in [2.24, 2.45) is 0 Å². The van der Waals surface area contributed by atoms with Crippen LogP contribution in [0.1, 0.15) is 6.92 Å². The van der Waals surface area contributed by atoms with Gasteiger partial charge in [-0.05, 0) is 51.9 Å². The van der Waals surface area contributed by atoms with E-state index in [1.807, 2.05) is 0 Å². The van der Waals surface area contributed by atoms with Gasteiger partial charge in [0.05, 0.1) is 8.07 Å². The van der Waals surface area contributed by atoms with Crippen LogP contribution in [-0.2, 0) is 13.0 Å². The molecule has 0 aromatic rings. The maximum Gasteiger partial charge on any atom is 0.321 e. The maximum absolute atomic E-state index is 5.94. The third kappa shape index (κ3) is 18.7. The highest BCUT2D eigenvalue weighted by molar-refractivity contribution is 6.81. The standard InChI is InChI=1S/C8H22OSi2.C6H18O2Si2/c1-7-11(5,6)9-8-10(2,3)4;1-7-10(5,6)8-9(2,3)4/h7-8H2,1-6H3;1-6H3. The van der Waals surface area contributed by atoms with E-state index in [1.54, 1.807) is 7.11 Å². The van der Waals surface area contributed by atoms with Gasteiger partial charge in [0.25, 0.3) is 0 Å². The van der Waals surface area contributed by atoms with E-state index in [9.17, 15) is 0 Å². The molecule has 130 valence electrons. The second kappa shape index (κ2) is 9.14. The SMILES string of the molecule is CC[Si](C)(C)OC[Si](C)(C)C.CO[Si](C)(C)O[Si](C)(C)C. The van der Waals surface area contributed by atoms with Gasteiger partial charge in [-0.3, -0.25) is 0 Å². The summed E-state index contributed by atoms with van der Waals surface area (Å²) < 4.78 is 17.0. The fraction of sp³-hybridized carbons (Fsp3) is 1.00. The van der Waals surface area contributed by atoms with Crippen molar-refractivity contribution >= 4 is 33.3 Å². The lowest BCUT2D eigenvalue weighted by molar-refractivity contribution is 0.312. The van der Waals surface area contributed by atoms with Crippen molar-refractivity contribution in [2.45, 2.75) is 78.4 Å². The van der Waals surface area contributed by atoms with Crippen LogP contribution in [0.25, 0.3) is 0 Å². The van der Waals surface area contributed by atoms with Crippen LogP contribution >= 0.6 is 0 Å². The van der Waals surface area contributed by atoms with Gasteiger partial charge in [0.2, 0.25) is 0 Å². The van der Waals surface area contributed by atoms with Crippen LogP contribution in [0, 0.1) is 0 Å².